The van der Waals surface area contributed by atoms with Crippen LogP contribution in [-0.4, -0.2) is 50.3 Å². The molecule has 27 heavy (non-hydrogen) atoms. The Kier molecular flexibility index (Phi) is 6.82. The lowest BCUT2D eigenvalue weighted by Gasteiger charge is -2.36. The van der Waals surface area contributed by atoms with Crippen molar-refractivity contribution in [1.82, 2.24) is 10.2 Å². The molecule has 0 atom stereocenters. The summed E-state index contributed by atoms with van der Waals surface area (Å²) in [5.41, 5.74) is 2.15. The van der Waals surface area contributed by atoms with E-state index in [-0.39, 0.29) is 6.03 Å². The Hall–Kier alpha value is -2.40. The zero-order valence-corrected chi connectivity index (χ0v) is 16.4. The van der Waals surface area contributed by atoms with Gasteiger partial charge >= 0.3 is 6.03 Å². The van der Waals surface area contributed by atoms with E-state index in [1.54, 1.807) is 0 Å². The van der Waals surface area contributed by atoms with Gasteiger partial charge in [-0.05, 0) is 37.1 Å². The molecule has 6 heteroatoms. The molecule has 0 unspecified atom stereocenters. The summed E-state index contributed by atoms with van der Waals surface area (Å²) in [7, 11) is 0. The highest BCUT2D eigenvalue weighted by molar-refractivity contribution is 6.31. The second-order valence-electron chi connectivity index (χ2n) is 6.45. The number of urea groups is 1. The van der Waals surface area contributed by atoms with E-state index < -0.39 is 0 Å². The minimum Gasteiger partial charge on any atom is -0.492 e. The molecular formula is C21H26ClN3O2. The van der Waals surface area contributed by atoms with Crippen LogP contribution >= 0.6 is 11.6 Å². The molecule has 1 fully saturated rings. The number of nitrogens with one attached hydrogen (secondary N) is 1. The Bertz CT molecular complexity index is 761. The number of carbonyl (C=O) groups excluding carboxylic acids is 1. The van der Waals surface area contributed by atoms with Crippen molar-refractivity contribution in [2.24, 2.45) is 0 Å². The van der Waals surface area contributed by atoms with Gasteiger partial charge in [-0.25, -0.2) is 4.79 Å². The lowest BCUT2D eigenvalue weighted by Crippen LogP contribution is -2.52. The first-order valence-corrected chi connectivity index (χ1v) is 9.79. The smallest absolute Gasteiger partial charge is 0.317 e. The van der Waals surface area contributed by atoms with Gasteiger partial charge in [0.2, 0.25) is 0 Å². The molecule has 1 aliphatic heterocycles. The highest BCUT2D eigenvalue weighted by Gasteiger charge is 2.22. The van der Waals surface area contributed by atoms with E-state index in [0.29, 0.717) is 26.2 Å². The average molecular weight is 388 g/mol. The van der Waals surface area contributed by atoms with Crippen molar-refractivity contribution in [2.75, 3.05) is 44.2 Å². The zero-order valence-electron chi connectivity index (χ0n) is 15.7. The third kappa shape index (κ3) is 5.07. The standard InChI is InChI=1S/C21H26ClN3O2/c1-2-27-20-10-6-5-9-19(20)24-13-15-25(16-14-24)21(26)23-12-11-17-7-3-4-8-18(17)22/h3-10H,2,11-16H2,1H3,(H,23,26). The topological polar surface area (TPSA) is 44.8 Å². The SMILES string of the molecule is CCOc1ccccc1N1CCN(C(=O)NCCc2ccccc2Cl)CC1. The summed E-state index contributed by atoms with van der Waals surface area (Å²) in [6.45, 7) is 6.18. The van der Waals surface area contributed by atoms with E-state index in [1.165, 1.54) is 0 Å². The number of carbonyl (C=O) groups is 1. The third-order valence-electron chi connectivity index (χ3n) is 4.70. The van der Waals surface area contributed by atoms with Crippen molar-refractivity contribution in [1.29, 1.82) is 0 Å². The van der Waals surface area contributed by atoms with Crippen molar-refractivity contribution >= 4 is 23.3 Å². The van der Waals surface area contributed by atoms with Gasteiger partial charge in [0.05, 0.1) is 12.3 Å². The van der Waals surface area contributed by atoms with E-state index in [9.17, 15) is 4.79 Å². The number of rotatable bonds is 6. The summed E-state index contributed by atoms with van der Waals surface area (Å²) in [5.74, 6) is 0.901. The Balaban J connectivity index is 1.47. The van der Waals surface area contributed by atoms with Gasteiger partial charge in [0.25, 0.3) is 0 Å². The molecule has 2 aromatic rings. The normalized spacial score (nSPS) is 14.1. The molecule has 0 spiro atoms. The molecule has 2 aromatic carbocycles. The van der Waals surface area contributed by atoms with E-state index in [2.05, 4.69) is 16.3 Å². The first-order valence-electron chi connectivity index (χ1n) is 9.42. The molecule has 0 aliphatic carbocycles. The monoisotopic (exact) mass is 387 g/mol. The summed E-state index contributed by atoms with van der Waals surface area (Å²) in [5, 5.41) is 3.74. The average Bonchev–Trinajstić information content (AvgIpc) is 2.70. The van der Waals surface area contributed by atoms with Crippen LogP contribution in [0.2, 0.25) is 5.02 Å². The van der Waals surface area contributed by atoms with E-state index >= 15 is 0 Å². The Labute approximate surface area is 165 Å². The van der Waals surface area contributed by atoms with Gasteiger partial charge in [-0.1, -0.05) is 41.9 Å². The quantitative estimate of drug-likeness (QED) is 0.819. The fraction of sp³-hybridized carbons (Fsp3) is 0.381. The summed E-state index contributed by atoms with van der Waals surface area (Å²) in [6.07, 6.45) is 0.729. The molecule has 1 aliphatic rings. The fourth-order valence-corrected chi connectivity index (χ4v) is 3.49. The summed E-state index contributed by atoms with van der Waals surface area (Å²) < 4.78 is 5.72. The van der Waals surface area contributed by atoms with Crippen LogP contribution in [0.4, 0.5) is 10.5 Å². The van der Waals surface area contributed by atoms with Crippen molar-refractivity contribution in [3.8, 4) is 5.75 Å². The molecule has 0 radical (unpaired) electrons. The van der Waals surface area contributed by atoms with Crippen molar-refractivity contribution < 1.29 is 9.53 Å². The van der Waals surface area contributed by atoms with Gasteiger partial charge in [-0.3, -0.25) is 0 Å². The second-order valence-corrected chi connectivity index (χ2v) is 6.86. The largest absolute Gasteiger partial charge is 0.492 e. The van der Waals surface area contributed by atoms with Crippen molar-refractivity contribution in [3.05, 3.63) is 59.1 Å². The van der Waals surface area contributed by atoms with Crippen molar-refractivity contribution in [2.45, 2.75) is 13.3 Å². The molecule has 2 amide bonds. The predicted octanol–water partition coefficient (Wildman–Crippen LogP) is 3.81. The number of halogens is 1. The molecule has 1 saturated heterocycles. The maximum atomic E-state index is 12.4. The first kappa shape index (κ1) is 19.4. The van der Waals surface area contributed by atoms with Crippen LogP contribution in [0.5, 0.6) is 5.75 Å². The van der Waals surface area contributed by atoms with Gasteiger partial charge < -0.3 is 19.9 Å². The van der Waals surface area contributed by atoms with Gasteiger partial charge in [0.1, 0.15) is 5.75 Å². The lowest BCUT2D eigenvalue weighted by molar-refractivity contribution is 0.194. The summed E-state index contributed by atoms with van der Waals surface area (Å²) >= 11 is 6.16. The second kappa shape index (κ2) is 9.51. The van der Waals surface area contributed by atoms with E-state index in [1.807, 2.05) is 54.3 Å². The molecule has 0 bridgehead atoms. The van der Waals surface area contributed by atoms with E-state index in [4.69, 9.17) is 16.3 Å². The number of hydrogen-bond acceptors (Lipinski definition) is 3. The highest BCUT2D eigenvalue weighted by Crippen LogP contribution is 2.28. The fourth-order valence-electron chi connectivity index (χ4n) is 3.26. The maximum absolute atomic E-state index is 12.4. The number of benzene rings is 2. The molecule has 3 rings (SSSR count). The number of anilines is 1. The third-order valence-corrected chi connectivity index (χ3v) is 5.07. The molecule has 5 nitrogen and oxygen atoms in total. The van der Waals surface area contributed by atoms with Crippen LogP contribution in [0.1, 0.15) is 12.5 Å². The van der Waals surface area contributed by atoms with Crippen LogP contribution in [0.3, 0.4) is 0 Å². The number of piperazine rings is 1. The van der Waals surface area contributed by atoms with Crippen LogP contribution in [0, 0.1) is 0 Å². The van der Waals surface area contributed by atoms with Crippen molar-refractivity contribution in [3.63, 3.8) is 0 Å². The number of hydrogen-bond donors (Lipinski definition) is 1. The van der Waals surface area contributed by atoms with E-state index in [0.717, 1.165) is 41.5 Å². The molecule has 1 N–H and O–H groups in total. The first-order chi connectivity index (χ1) is 13.2. The number of para-hydroxylation sites is 2. The minimum atomic E-state index is -0.0141. The van der Waals surface area contributed by atoms with Crippen LogP contribution < -0.4 is 15.0 Å². The lowest BCUT2D eigenvalue weighted by atomic mass is 10.1. The molecule has 144 valence electrons. The number of amides is 2. The Morgan fingerprint density at radius 2 is 1.78 bits per heavy atom. The Morgan fingerprint density at radius 1 is 1.07 bits per heavy atom. The predicted molar refractivity (Wildman–Crippen MR) is 110 cm³/mol. The number of ether oxygens (including phenoxy) is 1. The molecule has 0 aromatic heterocycles. The number of nitrogens with zero attached hydrogens (tertiary/aromatic N) is 2. The summed E-state index contributed by atoms with van der Waals surface area (Å²) in [6, 6.07) is 15.8. The zero-order chi connectivity index (χ0) is 19.1. The highest BCUT2D eigenvalue weighted by atomic mass is 35.5. The van der Waals surface area contributed by atoms with Gasteiger partial charge in [-0.15, -0.1) is 0 Å². The summed E-state index contributed by atoms with van der Waals surface area (Å²) in [4.78, 5) is 16.6. The van der Waals surface area contributed by atoms with Crippen LogP contribution in [-0.2, 0) is 6.42 Å². The maximum Gasteiger partial charge on any atom is 0.317 e. The Morgan fingerprint density at radius 3 is 2.52 bits per heavy atom. The van der Waals surface area contributed by atoms with Gasteiger partial charge in [0.15, 0.2) is 0 Å². The van der Waals surface area contributed by atoms with Crippen LogP contribution in [0.25, 0.3) is 0 Å². The minimum absolute atomic E-state index is 0.0141. The van der Waals surface area contributed by atoms with Crippen LogP contribution in [0.15, 0.2) is 48.5 Å². The molecule has 1 heterocycles. The molecular weight excluding hydrogens is 362 g/mol. The van der Waals surface area contributed by atoms with Gasteiger partial charge in [-0.2, -0.15) is 0 Å². The molecule has 0 saturated carbocycles. The van der Waals surface area contributed by atoms with Gasteiger partial charge in [0, 0.05) is 37.7 Å².